The smallest absolute Gasteiger partial charge is 0.340 e. The van der Waals surface area contributed by atoms with E-state index in [4.69, 9.17) is 14.5 Å². The van der Waals surface area contributed by atoms with E-state index >= 15 is 0 Å². The predicted octanol–water partition coefficient (Wildman–Crippen LogP) is 3.83. The van der Waals surface area contributed by atoms with Crippen LogP contribution in [0.3, 0.4) is 0 Å². The minimum Gasteiger partial charge on any atom is -0.462 e. The Kier molecular flexibility index (Phi) is 5.44. The Balaban J connectivity index is 1.82. The summed E-state index contributed by atoms with van der Waals surface area (Å²) in [6, 6.07) is 0. The van der Waals surface area contributed by atoms with E-state index in [9.17, 15) is 4.79 Å². The monoisotopic (exact) mass is 363 g/mol. The zero-order valence-electron chi connectivity index (χ0n) is 15.2. The fraction of sp³-hybridized carbons (Fsp3) is 0.556. The molecule has 6 nitrogen and oxygen atoms in total. The lowest BCUT2D eigenvalue weighted by Crippen LogP contribution is -2.18. The number of anilines is 1. The average Bonchev–Trinajstić information content (AvgIpc) is 3.26. The van der Waals surface area contributed by atoms with Crippen molar-refractivity contribution >= 4 is 22.4 Å². The zero-order chi connectivity index (χ0) is 18.0. The number of H-pyrrole nitrogens is 1. The first-order valence-electron chi connectivity index (χ1n) is 8.70. The van der Waals surface area contributed by atoms with Crippen LogP contribution in [0, 0.1) is 20.8 Å². The maximum absolute atomic E-state index is 12.2. The number of aromatic amines is 1. The maximum atomic E-state index is 12.2. The van der Waals surface area contributed by atoms with Crippen molar-refractivity contribution in [1.29, 1.82) is 0 Å². The van der Waals surface area contributed by atoms with Crippen molar-refractivity contribution in [2.24, 2.45) is 0 Å². The third kappa shape index (κ3) is 3.72. The first kappa shape index (κ1) is 17.9. The Morgan fingerprint density at radius 1 is 1.44 bits per heavy atom. The quantitative estimate of drug-likeness (QED) is 0.763. The number of thiazole rings is 1. The molecule has 0 bridgehead atoms. The molecule has 1 aliphatic rings. The molecule has 0 aromatic carbocycles. The Hall–Kier alpha value is -1.86. The second-order valence-electron chi connectivity index (χ2n) is 6.29. The third-order valence-electron chi connectivity index (χ3n) is 4.46. The summed E-state index contributed by atoms with van der Waals surface area (Å²) >= 11 is 1.62. The molecule has 2 aromatic heterocycles. The minimum absolute atomic E-state index is 0.276. The largest absolute Gasteiger partial charge is 0.462 e. The van der Waals surface area contributed by atoms with Crippen molar-refractivity contribution in [2.45, 2.75) is 46.6 Å². The average molecular weight is 363 g/mol. The van der Waals surface area contributed by atoms with E-state index in [2.05, 4.69) is 10.3 Å². The van der Waals surface area contributed by atoms with E-state index in [0.717, 1.165) is 58.6 Å². The van der Waals surface area contributed by atoms with Crippen LogP contribution in [-0.2, 0) is 9.47 Å². The predicted molar refractivity (Wildman–Crippen MR) is 99.5 cm³/mol. The molecule has 136 valence electrons. The first-order valence-corrected chi connectivity index (χ1v) is 9.52. The van der Waals surface area contributed by atoms with Crippen LogP contribution in [-0.4, -0.2) is 41.8 Å². The summed E-state index contributed by atoms with van der Waals surface area (Å²) in [5, 5.41) is 4.26. The minimum atomic E-state index is -0.287. The second-order valence-corrected chi connectivity index (χ2v) is 7.49. The summed E-state index contributed by atoms with van der Waals surface area (Å²) < 4.78 is 10.8. The fourth-order valence-corrected chi connectivity index (χ4v) is 4.03. The number of carbonyl (C=O) groups excluding carboxylic acids is 1. The summed E-state index contributed by atoms with van der Waals surface area (Å²) in [5.74, 6) is -0.287. The Labute approximate surface area is 152 Å². The van der Waals surface area contributed by atoms with Crippen molar-refractivity contribution in [2.75, 3.05) is 25.1 Å². The molecule has 0 amide bonds. The van der Waals surface area contributed by atoms with Crippen molar-refractivity contribution < 1.29 is 14.3 Å². The highest BCUT2D eigenvalue weighted by atomic mass is 32.1. The molecule has 1 unspecified atom stereocenters. The molecule has 1 atom stereocenters. The van der Waals surface area contributed by atoms with Crippen LogP contribution >= 0.6 is 11.3 Å². The van der Waals surface area contributed by atoms with Crippen LogP contribution in [0.15, 0.2) is 0 Å². The first-order chi connectivity index (χ1) is 12.0. The van der Waals surface area contributed by atoms with Crippen LogP contribution < -0.4 is 5.32 Å². The number of hydrogen-bond donors (Lipinski definition) is 2. The van der Waals surface area contributed by atoms with Gasteiger partial charge in [-0.2, -0.15) is 0 Å². The number of hydrogen-bond acceptors (Lipinski definition) is 6. The van der Waals surface area contributed by atoms with Gasteiger partial charge in [-0.1, -0.05) is 0 Å². The SMILES string of the molecule is CCOC(=O)c1c(C)[nH]c(-c2nc(NCC3CCCO3)sc2C)c1C. The summed E-state index contributed by atoms with van der Waals surface area (Å²) in [6.07, 6.45) is 2.51. The highest BCUT2D eigenvalue weighted by Crippen LogP contribution is 2.34. The number of ether oxygens (including phenoxy) is 2. The lowest BCUT2D eigenvalue weighted by molar-refractivity contribution is 0.0525. The maximum Gasteiger partial charge on any atom is 0.340 e. The molecule has 0 saturated carbocycles. The highest BCUT2D eigenvalue weighted by molar-refractivity contribution is 7.16. The topological polar surface area (TPSA) is 76.2 Å². The molecular formula is C18H25N3O3S. The lowest BCUT2D eigenvalue weighted by Gasteiger charge is -2.09. The molecule has 1 saturated heterocycles. The van der Waals surface area contributed by atoms with Gasteiger partial charge < -0.3 is 19.8 Å². The van der Waals surface area contributed by atoms with Crippen LogP contribution in [0.2, 0.25) is 0 Å². The number of nitrogens with zero attached hydrogens (tertiary/aromatic N) is 1. The van der Waals surface area contributed by atoms with Crippen LogP contribution in [0.25, 0.3) is 11.4 Å². The van der Waals surface area contributed by atoms with Gasteiger partial charge in [-0.3, -0.25) is 0 Å². The van der Waals surface area contributed by atoms with E-state index < -0.39 is 0 Å². The van der Waals surface area contributed by atoms with Crippen molar-refractivity contribution in [3.8, 4) is 11.4 Å². The van der Waals surface area contributed by atoms with E-state index in [1.54, 1.807) is 11.3 Å². The van der Waals surface area contributed by atoms with E-state index in [1.165, 1.54) is 0 Å². The van der Waals surface area contributed by atoms with Gasteiger partial charge in [-0.15, -0.1) is 11.3 Å². The number of aryl methyl sites for hydroxylation is 2. The van der Waals surface area contributed by atoms with Crippen LogP contribution in [0.5, 0.6) is 0 Å². The molecule has 0 aliphatic carbocycles. The van der Waals surface area contributed by atoms with Crippen LogP contribution in [0.1, 0.15) is 46.3 Å². The van der Waals surface area contributed by atoms with Gasteiger partial charge in [0.15, 0.2) is 5.13 Å². The number of esters is 1. The van der Waals surface area contributed by atoms with Gasteiger partial charge in [-0.25, -0.2) is 9.78 Å². The summed E-state index contributed by atoms with van der Waals surface area (Å²) in [5.41, 5.74) is 4.08. The summed E-state index contributed by atoms with van der Waals surface area (Å²) in [7, 11) is 0. The highest BCUT2D eigenvalue weighted by Gasteiger charge is 2.23. The van der Waals surface area contributed by atoms with Gasteiger partial charge in [0.05, 0.1) is 24.0 Å². The van der Waals surface area contributed by atoms with Crippen molar-refractivity contribution in [3.63, 3.8) is 0 Å². The molecule has 2 N–H and O–H groups in total. The zero-order valence-corrected chi connectivity index (χ0v) is 16.0. The van der Waals surface area contributed by atoms with Gasteiger partial charge >= 0.3 is 5.97 Å². The van der Waals surface area contributed by atoms with Gasteiger partial charge in [0.2, 0.25) is 0 Å². The van der Waals surface area contributed by atoms with Crippen LogP contribution in [0.4, 0.5) is 5.13 Å². The number of rotatable bonds is 6. The molecule has 3 rings (SSSR count). The van der Waals surface area contributed by atoms with Gasteiger partial charge in [-0.05, 0) is 46.1 Å². The van der Waals surface area contributed by atoms with E-state index in [-0.39, 0.29) is 12.1 Å². The molecular weight excluding hydrogens is 338 g/mol. The lowest BCUT2D eigenvalue weighted by atomic mass is 10.1. The molecule has 2 aromatic rings. The fourth-order valence-electron chi connectivity index (χ4n) is 3.21. The van der Waals surface area contributed by atoms with Gasteiger partial charge in [0.25, 0.3) is 0 Å². The molecule has 7 heteroatoms. The van der Waals surface area contributed by atoms with Crippen molar-refractivity contribution in [1.82, 2.24) is 9.97 Å². The number of aromatic nitrogens is 2. The molecule has 25 heavy (non-hydrogen) atoms. The number of carbonyl (C=O) groups is 1. The second kappa shape index (κ2) is 7.58. The van der Waals surface area contributed by atoms with E-state index in [1.807, 2.05) is 27.7 Å². The molecule has 3 heterocycles. The molecule has 0 radical (unpaired) electrons. The van der Waals surface area contributed by atoms with Crippen molar-refractivity contribution in [3.05, 3.63) is 21.7 Å². The van der Waals surface area contributed by atoms with E-state index in [0.29, 0.717) is 12.2 Å². The Morgan fingerprint density at radius 2 is 2.24 bits per heavy atom. The molecule has 1 aliphatic heterocycles. The Bertz CT molecular complexity index is 760. The number of nitrogens with one attached hydrogen (secondary N) is 2. The standard InChI is InChI=1S/C18H25N3O3S/c1-5-23-17(22)14-10(2)15(20-11(14)3)16-12(4)25-18(21-16)19-9-13-7-6-8-24-13/h13,20H,5-9H2,1-4H3,(H,19,21). The summed E-state index contributed by atoms with van der Waals surface area (Å²) in [6.45, 7) is 9.68. The Morgan fingerprint density at radius 3 is 2.92 bits per heavy atom. The van der Waals surface area contributed by atoms with Gasteiger partial charge in [0, 0.05) is 23.7 Å². The molecule has 1 fully saturated rings. The normalized spacial score (nSPS) is 17.0. The van der Waals surface area contributed by atoms with Gasteiger partial charge in [0.1, 0.15) is 5.69 Å². The molecule has 0 spiro atoms. The summed E-state index contributed by atoms with van der Waals surface area (Å²) in [4.78, 5) is 21.3. The third-order valence-corrected chi connectivity index (χ3v) is 5.38.